The molecule has 0 amide bonds. The van der Waals surface area contributed by atoms with Gasteiger partial charge in [-0.2, -0.15) is 0 Å². The second-order valence-corrected chi connectivity index (χ2v) is 5.60. The van der Waals surface area contributed by atoms with E-state index in [1.165, 1.54) is 0 Å². The maximum Gasteiger partial charge on any atom is 0.305 e. The lowest BCUT2D eigenvalue weighted by atomic mass is 9.98. The molecule has 1 aromatic rings. The number of ether oxygens (including phenoxy) is 1. The number of aryl methyl sites for hydroxylation is 1. The molecule has 0 bridgehead atoms. The van der Waals surface area contributed by atoms with Crippen LogP contribution in [-0.4, -0.2) is 41.5 Å². The molecule has 1 fully saturated rings. The predicted molar refractivity (Wildman–Crippen MR) is 79.2 cm³/mol. The number of nitrogens with one attached hydrogen (secondary N) is 1. The van der Waals surface area contributed by atoms with Gasteiger partial charge in [0, 0.05) is 19.2 Å². The average Bonchev–Trinajstić information content (AvgIpc) is 2.96. The van der Waals surface area contributed by atoms with Crippen molar-refractivity contribution in [2.24, 2.45) is 0 Å². The summed E-state index contributed by atoms with van der Waals surface area (Å²) in [6.45, 7) is 3.30. The van der Waals surface area contributed by atoms with Gasteiger partial charge < -0.3 is 20.3 Å². The number of hydrogen-bond acceptors (Lipinski definition) is 4. The van der Waals surface area contributed by atoms with Crippen molar-refractivity contribution in [1.29, 1.82) is 0 Å². The highest BCUT2D eigenvalue weighted by atomic mass is 16.5. The SMILES string of the molecule is Cc1ccc(C(O)C(CC(=O)O)NCC2CCCO2)cc1. The van der Waals surface area contributed by atoms with Crippen LogP contribution < -0.4 is 5.32 Å². The van der Waals surface area contributed by atoms with Gasteiger partial charge in [0.25, 0.3) is 0 Å². The lowest BCUT2D eigenvalue weighted by molar-refractivity contribution is -0.138. The Morgan fingerprint density at radius 3 is 2.71 bits per heavy atom. The van der Waals surface area contributed by atoms with Crippen LogP contribution in [0.25, 0.3) is 0 Å². The topological polar surface area (TPSA) is 78.8 Å². The highest BCUT2D eigenvalue weighted by Crippen LogP contribution is 2.20. The van der Waals surface area contributed by atoms with E-state index in [0.717, 1.165) is 30.6 Å². The smallest absolute Gasteiger partial charge is 0.305 e. The number of carboxylic acids is 1. The van der Waals surface area contributed by atoms with Gasteiger partial charge in [-0.05, 0) is 25.3 Å². The Hall–Kier alpha value is -1.43. The number of benzene rings is 1. The molecule has 2 rings (SSSR count). The minimum Gasteiger partial charge on any atom is -0.481 e. The van der Waals surface area contributed by atoms with Crippen LogP contribution in [0.15, 0.2) is 24.3 Å². The first-order valence-electron chi connectivity index (χ1n) is 7.37. The number of carboxylic acid groups (broad SMARTS) is 1. The van der Waals surface area contributed by atoms with Crippen molar-refractivity contribution in [1.82, 2.24) is 5.32 Å². The van der Waals surface area contributed by atoms with E-state index in [-0.39, 0.29) is 12.5 Å². The van der Waals surface area contributed by atoms with Crippen molar-refractivity contribution in [2.75, 3.05) is 13.2 Å². The van der Waals surface area contributed by atoms with E-state index in [1.807, 2.05) is 31.2 Å². The third kappa shape index (κ3) is 4.81. The average molecular weight is 293 g/mol. The van der Waals surface area contributed by atoms with Crippen molar-refractivity contribution in [3.63, 3.8) is 0 Å². The molecule has 0 radical (unpaired) electrons. The quantitative estimate of drug-likeness (QED) is 0.712. The van der Waals surface area contributed by atoms with E-state index in [2.05, 4.69) is 5.32 Å². The fourth-order valence-electron chi connectivity index (χ4n) is 2.57. The van der Waals surface area contributed by atoms with Gasteiger partial charge in [-0.3, -0.25) is 4.79 Å². The fourth-order valence-corrected chi connectivity index (χ4v) is 2.57. The number of hydrogen-bond donors (Lipinski definition) is 3. The molecule has 1 aliphatic rings. The summed E-state index contributed by atoms with van der Waals surface area (Å²) in [5, 5.41) is 22.6. The Morgan fingerprint density at radius 2 is 2.14 bits per heavy atom. The van der Waals surface area contributed by atoms with Crippen LogP contribution >= 0.6 is 0 Å². The van der Waals surface area contributed by atoms with Crippen molar-refractivity contribution in [3.05, 3.63) is 35.4 Å². The van der Waals surface area contributed by atoms with E-state index >= 15 is 0 Å². The Balaban J connectivity index is 1.99. The number of aliphatic hydroxyl groups excluding tert-OH is 1. The minimum atomic E-state index is -0.925. The summed E-state index contributed by atoms with van der Waals surface area (Å²) < 4.78 is 5.52. The first-order chi connectivity index (χ1) is 10.1. The van der Waals surface area contributed by atoms with Gasteiger partial charge >= 0.3 is 5.97 Å². The van der Waals surface area contributed by atoms with Crippen LogP contribution in [0.4, 0.5) is 0 Å². The van der Waals surface area contributed by atoms with Gasteiger partial charge in [-0.15, -0.1) is 0 Å². The molecule has 3 unspecified atom stereocenters. The highest BCUT2D eigenvalue weighted by molar-refractivity contribution is 5.67. The number of rotatable bonds is 7. The van der Waals surface area contributed by atoms with Gasteiger partial charge in [0.2, 0.25) is 0 Å². The summed E-state index contributed by atoms with van der Waals surface area (Å²) in [7, 11) is 0. The molecule has 0 aromatic heterocycles. The van der Waals surface area contributed by atoms with Crippen molar-refractivity contribution >= 4 is 5.97 Å². The van der Waals surface area contributed by atoms with Gasteiger partial charge in [0.15, 0.2) is 0 Å². The third-order valence-electron chi connectivity index (χ3n) is 3.83. The van der Waals surface area contributed by atoms with Gasteiger partial charge in [-0.25, -0.2) is 0 Å². The largest absolute Gasteiger partial charge is 0.481 e. The molecule has 3 atom stereocenters. The molecule has 1 aromatic carbocycles. The van der Waals surface area contributed by atoms with Crippen LogP contribution in [0.5, 0.6) is 0 Å². The summed E-state index contributed by atoms with van der Waals surface area (Å²) in [4.78, 5) is 11.0. The highest BCUT2D eigenvalue weighted by Gasteiger charge is 2.25. The third-order valence-corrected chi connectivity index (χ3v) is 3.83. The second kappa shape index (κ2) is 7.54. The van der Waals surface area contributed by atoms with Crippen molar-refractivity contribution in [2.45, 2.75) is 44.4 Å². The molecular formula is C16H23NO4. The van der Waals surface area contributed by atoms with E-state index in [4.69, 9.17) is 9.84 Å². The molecular weight excluding hydrogens is 270 g/mol. The zero-order valence-electron chi connectivity index (χ0n) is 12.3. The first kappa shape index (κ1) is 15.9. The lowest BCUT2D eigenvalue weighted by Gasteiger charge is -2.24. The summed E-state index contributed by atoms with van der Waals surface area (Å²) in [5.74, 6) is -0.925. The summed E-state index contributed by atoms with van der Waals surface area (Å²) in [5.41, 5.74) is 1.83. The molecule has 1 aliphatic heterocycles. The van der Waals surface area contributed by atoms with Crippen molar-refractivity contribution in [3.8, 4) is 0 Å². The first-order valence-corrected chi connectivity index (χ1v) is 7.37. The van der Waals surface area contributed by atoms with Crippen LogP contribution in [0.1, 0.15) is 36.5 Å². The lowest BCUT2D eigenvalue weighted by Crippen LogP contribution is -2.41. The molecule has 0 spiro atoms. The molecule has 5 nitrogen and oxygen atoms in total. The Morgan fingerprint density at radius 1 is 1.43 bits per heavy atom. The monoisotopic (exact) mass is 293 g/mol. The van der Waals surface area contributed by atoms with Crippen LogP contribution in [-0.2, 0) is 9.53 Å². The zero-order chi connectivity index (χ0) is 15.2. The number of carbonyl (C=O) groups is 1. The molecule has 0 saturated carbocycles. The van der Waals surface area contributed by atoms with Crippen LogP contribution in [0.2, 0.25) is 0 Å². The van der Waals surface area contributed by atoms with Crippen molar-refractivity contribution < 1.29 is 19.7 Å². The Bertz CT molecular complexity index is 454. The summed E-state index contributed by atoms with van der Waals surface area (Å²) >= 11 is 0. The maximum absolute atomic E-state index is 11.0. The minimum absolute atomic E-state index is 0.117. The standard InChI is InChI=1S/C16H23NO4/c1-11-4-6-12(7-5-11)16(20)14(9-15(18)19)17-10-13-3-2-8-21-13/h4-7,13-14,16-17,20H,2-3,8-10H2,1H3,(H,18,19). The van der Waals surface area contributed by atoms with Gasteiger partial charge in [0.05, 0.1) is 18.6 Å². The molecule has 1 heterocycles. The normalized spacial score (nSPS) is 21.1. The van der Waals surface area contributed by atoms with Gasteiger partial charge in [0.1, 0.15) is 0 Å². The number of aliphatic carboxylic acids is 1. The maximum atomic E-state index is 11.0. The molecule has 5 heteroatoms. The number of aliphatic hydroxyl groups is 1. The van der Waals surface area contributed by atoms with E-state index < -0.39 is 18.1 Å². The molecule has 1 saturated heterocycles. The Labute approximate surface area is 124 Å². The summed E-state index contributed by atoms with van der Waals surface area (Å²) in [6.07, 6.45) is 1.17. The molecule has 21 heavy (non-hydrogen) atoms. The van der Waals surface area contributed by atoms with E-state index in [0.29, 0.717) is 6.54 Å². The van der Waals surface area contributed by atoms with Gasteiger partial charge in [-0.1, -0.05) is 29.8 Å². The summed E-state index contributed by atoms with van der Waals surface area (Å²) in [6, 6.07) is 6.98. The second-order valence-electron chi connectivity index (χ2n) is 5.60. The molecule has 116 valence electrons. The van der Waals surface area contributed by atoms with Crippen LogP contribution in [0.3, 0.4) is 0 Å². The predicted octanol–water partition coefficient (Wildman–Crippen LogP) is 1.64. The zero-order valence-corrected chi connectivity index (χ0v) is 12.3. The molecule has 3 N–H and O–H groups in total. The fraction of sp³-hybridized carbons (Fsp3) is 0.562. The van der Waals surface area contributed by atoms with E-state index in [9.17, 15) is 9.90 Å². The van der Waals surface area contributed by atoms with E-state index in [1.54, 1.807) is 0 Å². The van der Waals surface area contributed by atoms with Crippen LogP contribution in [0, 0.1) is 6.92 Å². The molecule has 0 aliphatic carbocycles. The Kier molecular flexibility index (Phi) is 5.73.